The van der Waals surface area contributed by atoms with Crippen molar-refractivity contribution < 1.29 is 14.3 Å². The first-order valence-corrected chi connectivity index (χ1v) is 4.89. The molecule has 1 amide bonds. The number of nitrogens with one attached hydrogen (secondary N) is 1. The summed E-state index contributed by atoms with van der Waals surface area (Å²) in [7, 11) is 3.10. The first kappa shape index (κ1) is 15.5. The lowest BCUT2D eigenvalue weighted by atomic mass is 10.2. The summed E-state index contributed by atoms with van der Waals surface area (Å²) in [6.45, 7) is 0.400. The summed E-state index contributed by atoms with van der Waals surface area (Å²) < 4.78 is 9.82. The van der Waals surface area contributed by atoms with Crippen LogP contribution < -0.4 is 15.8 Å². The van der Waals surface area contributed by atoms with Crippen molar-refractivity contribution in [1.29, 1.82) is 0 Å². The number of nitrogen functional groups attached to an aromatic ring is 1. The lowest BCUT2D eigenvalue weighted by molar-refractivity contribution is -0.117. The van der Waals surface area contributed by atoms with Gasteiger partial charge in [0.25, 0.3) is 0 Å². The molecule has 1 aromatic rings. The summed E-state index contributed by atoms with van der Waals surface area (Å²) in [5.74, 6) is 0.487. The number of methoxy groups -OCH3 is 2. The molecule has 1 aromatic carbocycles. The Bertz CT molecular complexity index is 372. The van der Waals surface area contributed by atoms with Gasteiger partial charge in [0, 0.05) is 12.8 Å². The maximum absolute atomic E-state index is 11.4. The van der Waals surface area contributed by atoms with E-state index < -0.39 is 0 Å². The molecule has 0 heterocycles. The third-order valence-corrected chi connectivity index (χ3v) is 2.05. The van der Waals surface area contributed by atoms with E-state index in [1.54, 1.807) is 32.4 Å². The molecule has 96 valence electrons. The molecule has 0 aliphatic carbocycles. The molecule has 0 spiro atoms. The smallest absolute Gasteiger partial charge is 0.226 e. The largest absolute Gasteiger partial charge is 0.495 e. The van der Waals surface area contributed by atoms with Gasteiger partial charge in [-0.1, -0.05) is 0 Å². The molecule has 0 saturated heterocycles. The molecular formula is C11H17ClN2O3. The van der Waals surface area contributed by atoms with Crippen molar-refractivity contribution in [2.45, 2.75) is 6.42 Å². The highest BCUT2D eigenvalue weighted by molar-refractivity contribution is 5.91. The predicted octanol–water partition coefficient (Wildman–Crippen LogP) is 1.67. The average Bonchev–Trinajstić information content (AvgIpc) is 2.26. The van der Waals surface area contributed by atoms with Gasteiger partial charge in [-0.25, -0.2) is 0 Å². The van der Waals surface area contributed by atoms with E-state index in [1.165, 1.54) is 0 Å². The number of hydrogen-bond donors (Lipinski definition) is 2. The van der Waals surface area contributed by atoms with Gasteiger partial charge in [0.15, 0.2) is 0 Å². The Morgan fingerprint density at radius 2 is 2.12 bits per heavy atom. The van der Waals surface area contributed by atoms with Crippen molar-refractivity contribution in [2.75, 3.05) is 31.9 Å². The molecule has 0 aromatic heterocycles. The van der Waals surface area contributed by atoms with E-state index >= 15 is 0 Å². The van der Waals surface area contributed by atoms with Crippen LogP contribution in [0.5, 0.6) is 5.75 Å². The first-order chi connectivity index (χ1) is 7.67. The van der Waals surface area contributed by atoms with Gasteiger partial charge < -0.3 is 20.5 Å². The third kappa shape index (κ3) is 4.93. The van der Waals surface area contributed by atoms with E-state index in [2.05, 4.69) is 5.32 Å². The van der Waals surface area contributed by atoms with Gasteiger partial charge in [0.2, 0.25) is 5.91 Å². The summed E-state index contributed by atoms with van der Waals surface area (Å²) in [4.78, 5) is 11.4. The van der Waals surface area contributed by atoms with E-state index in [9.17, 15) is 4.79 Å². The zero-order chi connectivity index (χ0) is 12.0. The topological polar surface area (TPSA) is 73.6 Å². The normalized spacial score (nSPS) is 9.29. The minimum Gasteiger partial charge on any atom is -0.495 e. The number of carbonyl (C=O) groups is 1. The Hall–Kier alpha value is -1.46. The number of amides is 1. The second-order valence-electron chi connectivity index (χ2n) is 3.25. The Morgan fingerprint density at radius 3 is 2.65 bits per heavy atom. The fraction of sp³-hybridized carbons (Fsp3) is 0.364. The number of rotatable bonds is 5. The Labute approximate surface area is 107 Å². The lowest BCUT2D eigenvalue weighted by Crippen LogP contribution is -2.13. The highest BCUT2D eigenvalue weighted by Gasteiger charge is 2.04. The predicted molar refractivity (Wildman–Crippen MR) is 69.8 cm³/mol. The number of ether oxygens (including phenoxy) is 2. The van der Waals surface area contributed by atoms with E-state index in [4.69, 9.17) is 15.2 Å². The molecule has 17 heavy (non-hydrogen) atoms. The summed E-state index contributed by atoms with van der Waals surface area (Å²) in [6.07, 6.45) is 0.322. The van der Waals surface area contributed by atoms with Crippen molar-refractivity contribution in [3.8, 4) is 5.75 Å². The van der Waals surface area contributed by atoms with E-state index in [1.807, 2.05) is 0 Å². The van der Waals surface area contributed by atoms with Crippen LogP contribution in [0.15, 0.2) is 18.2 Å². The van der Waals surface area contributed by atoms with Crippen LogP contribution in [0.2, 0.25) is 0 Å². The molecule has 0 aliphatic heterocycles. The maximum atomic E-state index is 11.4. The second kappa shape index (κ2) is 7.76. The van der Waals surface area contributed by atoms with Gasteiger partial charge in [-0.3, -0.25) is 4.79 Å². The number of nitrogens with two attached hydrogens (primary N) is 1. The monoisotopic (exact) mass is 260 g/mol. The molecule has 5 nitrogen and oxygen atoms in total. The highest BCUT2D eigenvalue weighted by atomic mass is 35.5. The summed E-state index contributed by atoms with van der Waals surface area (Å²) in [5.41, 5.74) is 6.85. The molecule has 0 saturated carbocycles. The molecule has 0 bridgehead atoms. The Morgan fingerprint density at radius 1 is 1.41 bits per heavy atom. The molecule has 3 N–H and O–H groups in total. The minimum atomic E-state index is -0.105. The molecule has 0 atom stereocenters. The fourth-order valence-corrected chi connectivity index (χ4v) is 1.23. The van der Waals surface area contributed by atoms with Crippen LogP contribution >= 0.6 is 12.4 Å². The second-order valence-corrected chi connectivity index (χ2v) is 3.25. The van der Waals surface area contributed by atoms with Gasteiger partial charge >= 0.3 is 0 Å². The molecular weight excluding hydrogens is 244 g/mol. The van der Waals surface area contributed by atoms with E-state index in [-0.39, 0.29) is 18.3 Å². The molecule has 0 unspecified atom stereocenters. The first-order valence-electron chi connectivity index (χ1n) is 4.89. The van der Waals surface area contributed by atoms with E-state index in [0.29, 0.717) is 30.2 Å². The zero-order valence-corrected chi connectivity index (χ0v) is 10.7. The molecule has 6 heteroatoms. The summed E-state index contributed by atoms with van der Waals surface area (Å²) in [6, 6.07) is 5.10. The Kier molecular flexibility index (Phi) is 7.09. The summed E-state index contributed by atoms with van der Waals surface area (Å²) >= 11 is 0. The van der Waals surface area contributed by atoms with E-state index in [0.717, 1.165) is 0 Å². The molecule has 0 aliphatic rings. The number of benzene rings is 1. The molecule has 1 rings (SSSR count). The van der Waals surface area contributed by atoms with Crippen LogP contribution in [0.3, 0.4) is 0 Å². The van der Waals surface area contributed by atoms with Crippen molar-refractivity contribution in [3.63, 3.8) is 0 Å². The quantitative estimate of drug-likeness (QED) is 0.790. The Balaban J connectivity index is 0.00000256. The summed E-state index contributed by atoms with van der Waals surface area (Å²) in [5, 5.41) is 2.71. The SMILES string of the molecule is COCCC(=O)Nc1ccc(OC)c(N)c1.Cl. The lowest BCUT2D eigenvalue weighted by Gasteiger charge is -2.08. The van der Waals surface area contributed by atoms with Crippen LogP contribution in [0.4, 0.5) is 11.4 Å². The fourth-order valence-electron chi connectivity index (χ4n) is 1.23. The van der Waals surface area contributed by atoms with Crippen LogP contribution in [0.1, 0.15) is 6.42 Å². The minimum absolute atomic E-state index is 0. The van der Waals surface area contributed by atoms with Crippen LogP contribution in [0, 0.1) is 0 Å². The van der Waals surface area contributed by atoms with Gasteiger partial charge in [-0.2, -0.15) is 0 Å². The number of carbonyl (C=O) groups excluding carboxylic acids is 1. The van der Waals surface area contributed by atoms with Gasteiger partial charge in [-0.05, 0) is 18.2 Å². The number of hydrogen-bond acceptors (Lipinski definition) is 4. The van der Waals surface area contributed by atoms with Gasteiger partial charge in [0.1, 0.15) is 5.75 Å². The molecule has 0 radical (unpaired) electrons. The van der Waals surface area contributed by atoms with Crippen LogP contribution in [-0.2, 0) is 9.53 Å². The van der Waals surface area contributed by atoms with Crippen LogP contribution in [0.25, 0.3) is 0 Å². The highest BCUT2D eigenvalue weighted by Crippen LogP contribution is 2.24. The zero-order valence-electron chi connectivity index (χ0n) is 9.86. The standard InChI is InChI=1S/C11H16N2O3.ClH/c1-15-6-5-11(14)13-8-3-4-10(16-2)9(12)7-8;/h3-4,7H,5-6,12H2,1-2H3,(H,13,14);1H. The van der Waals surface area contributed by atoms with Gasteiger partial charge in [-0.15, -0.1) is 12.4 Å². The average molecular weight is 261 g/mol. The van der Waals surface area contributed by atoms with Crippen molar-refractivity contribution in [3.05, 3.63) is 18.2 Å². The number of anilines is 2. The third-order valence-electron chi connectivity index (χ3n) is 2.05. The number of halogens is 1. The van der Waals surface area contributed by atoms with Crippen LogP contribution in [-0.4, -0.2) is 26.7 Å². The van der Waals surface area contributed by atoms with Crippen molar-refractivity contribution >= 4 is 29.7 Å². The molecule has 0 fully saturated rings. The maximum Gasteiger partial charge on any atom is 0.226 e. The van der Waals surface area contributed by atoms with Crippen molar-refractivity contribution in [2.24, 2.45) is 0 Å². The van der Waals surface area contributed by atoms with Gasteiger partial charge in [0.05, 0.1) is 25.8 Å². The van der Waals surface area contributed by atoms with Crippen molar-refractivity contribution in [1.82, 2.24) is 0 Å².